The predicted molar refractivity (Wildman–Crippen MR) is 74.9 cm³/mol. The second-order valence-electron chi connectivity index (χ2n) is 3.86. The van der Waals surface area contributed by atoms with Crippen LogP contribution < -0.4 is 4.74 Å². The minimum atomic E-state index is -0.447. The summed E-state index contributed by atoms with van der Waals surface area (Å²) >= 11 is 0. The van der Waals surface area contributed by atoms with Gasteiger partial charge in [0.2, 0.25) is 0 Å². The van der Waals surface area contributed by atoms with Crippen molar-refractivity contribution in [3.05, 3.63) is 40.5 Å². The molecule has 0 amide bonds. The molecule has 0 aromatic heterocycles. The molecule has 4 heteroatoms. The lowest BCUT2D eigenvalue weighted by Gasteiger charge is -2.05. The van der Waals surface area contributed by atoms with Crippen LogP contribution in [0.4, 0.5) is 5.69 Å². The van der Waals surface area contributed by atoms with Gasteiger partial charge in [0.25, 0.3) is 0 Å². The normalized spacial score (nSPS) is 9.11. The van der Waals surface area contributed by atoms with Crippen LogP contribution in [0.5, 0.6) is 5.75 Å². The number of nitro benzene ring substituents is 1. The third-order valence-electron chi connectivity index (χ3n) is 1.95. The van der Waals surface area contributed by atoms with Crippen LogP contribution in [0, 0.1) is 10.1 Å². The van der Waals surface area contributed by atoms with E-state index in [1.807, 2.05) is 0 Å². The zero-order valence-corrected chi connectivity index (χ0v) is 11.5. The summed E-state index contributed by atoms with van der Waals surface area (Å²) in [6.07, 6.45) is 1.25. The topological polar surface area (TPSA) is 52.4 Å². The molecule has 100 valence electrons. The second-order valence-corrected chi connectivity index (χ2v) is 3.86. The number of nitrogens with zero attached hydrogens (tertiary/aromatic N) is 1. The van der Waals surface area contributed by atoms with Crippen LogP contribution in [0.15, 0.2) is 24.8 Å². The Morgan fingerprint density at radius 3 is 2.33 bits per heavy atom. The molecule has 0 aliphatic heterocycles. The Balaban J connectivity index is 0.000000873. The summed E-state index contributed by atoms with van der Waals surface area (Å²) in [6.45, 7) is 12.0. The van der Waals surface area contributed by atoms with Gasteiger partial charge in [-0.25, -0.2) is 0 Å². The molecule has 0 spiro atoms. The number of rotatable bonds is 4. The van der Waals surface area contributed by atoms with Crippen LogP contribution in [0.25, 0.3) is 5.57 Å². The monoisotopic (exact) mass is 251 g/mol. The van der Waals surface area contributed by atoms with E-state index in [1.165, 1.54) is 12.5 Å². The van der Waals surface area contributed by atoms with Crippen molar-refractivity contribution in [2.24, 2.45) is 0 Å². The summed E-state index contributed by atoms with van der Waals surface area (Å²) in [5.74, 6) is 0.299. The Morgan fingerprint density at radius 1 is 1.39 bits per heavy atom. The van der Waals surface area contributed by atoms with Crippen molar-refractivity contribution in [1.82, 2.24) is 0 Å². The fourth-order valence-electron chi connectivity index (χ4n) is 1.20. The van der Waals surface area contributed by atoms with Crippen molar-refractivity contribution in [2.75, 3.05) is 6.61 Å². The van der Waals surface area contributed by atoms with Gasteiger partial charge in [0, 0.05) is 6.07 Å². The van der Waals surface area contributed by atoms with E-state index >= 15 is 0 Å². The van der Waals surface area contributed by atoms with Crippen LogP contribution in [0.2, 0.25) is 0 Å². The first kappa shape index (κ1) is 16.2. The number of ether oxygens (including phenoxy) is 1. The molecule has 4 nitrogen and oxygen atoms in total. The number of nitro groups is 1. The summed E-state index contributed by atoms with van der Waals surface area (Å²) in [6, 6.07) is 4.85. The molecular weight excluding hydrogens is 230 g/mol. The number of hydrogen-bond donors (Lipinski definition) is 0. The minimum absolute atomic E-state index is 0.0163. The first-order valence-electron chi connectivity index (χ1n) is 6.04. The summed E-state index contributed by atoms with van der Waals surface area (Å²) < 4.78 is 5.16. The first-order chi connectivity index (χ1) is 8.47. The maximum atomic E-state index is 10.8. The van der Waals surface area contributed by atoms with E-state index in [1.54, 1.807) is 26.0 Å². The largest absolute Gasteiger partial charge is 0.487 e. The Kier molecular flexibility index (Phi) is 7.43. The molecule has 0 heterocycles. The molecule has 0 aliphatic carbocycles. The molecule has 1 aromatic carbocycles. The van der Waals surface area contributed by atoms with Crippen LogP contribution in [0.3, 0.4) is 0 Å². The number of hydrogen-bond acceptors (Lipinski definition) is 3. The van der Waals surface area contributed by atoms with Gasteiger partial charge in [-0.1, -0.05) is 38.5 Å². The Bertz CT molecular complexity index is 414. The zero-order chi connectivity index (χ0) is 14.1. The van der Waals surface area contributed by atoms with Crippen LogP contribution in [0.1, 0.15) is 39.7 Å². The SMILES string of the molecule is C=C(C)c1ccc(OCC)c([N+](=O)[O-])c1.CCC. The summed E-state index contributed by atoms with van der Waals surface area (Å²) in [5.41, 5.74) is 1.53. The van der Waals surface area contributed by atoms with Crippen molar-refractivity contribution in [3.8, 4) is 5.75 Å². The van der Waals surface area contributed by atoms with Crippen LogP contribution >= 0.6 is 0 Å². The predicted octanol–water partition coefficient (Wildman–Crippen LogP) is 4.44. The van der Waals surface area contributed by atoms with E-state index in [-0.39, 0.29) is 5.69 Å². The fraction of sp³-hybridized carbons (Fsp3) is 0.429. The summed E-state index contributed by atoms with van der Waals surface area (Å²) in [4.78, 5) is 10.3. The first-order valence-corrected chi connectivity index (χ1v) is 6.04. The second kappa shape index (κ2) is 8.28. The van der Waals surface area contributed by atoms with E-state index in [0.29, 0.717) is 12.4 Å². The lowest BCUT2D eigenvalue weighted by atomic mass is 10.1. The molecule has 0 saturated carbocycles. The van der Waals surface area contributed by atoms with Gasteiger partial charge in [0.15, 0.2) is 5.75 Å². The van der Waals surface area contributed by atoms with Crippen molar-refractivity contribution < 1.29 is 9.66 Å². The van der Waals surface area contributed by atoms with Gasteiger partial charge in [0.05, 0.1) is 11.5 Å². The Labute approximate surface area is 108 Å². The molecule has 0 fully saturated rings. The smallest absolute Gasteiger partial charge is 0.311 e. The van der Waals surface area contributed by atoms with Crippen LogP contribution in [-0.2, 0) is 0 Å². The van der Waals surface area contributed by atoms with Crippen molar-refractivity contribution in [2.45, 2.75) is 34.1 Å². The molecule has 1 aromatic rings. The third-order valence-corrected chi connectivity index (χ3v) is 1.95. The summed E-state index contributed by atoms with van der Waals surface area (Å²) in [5, 5.41) is 10.8. The quantitative estimate of drug-likeness (QED) is 0.587. The molecule has 0 aliphatic rings. The number of allylic oxidation sites excluding steroid dienone is 1. The van der Waals surface area contributed by atoms with Gasteiger partial charge in [0.1, 0.15) is 0 Å². The highest BCUT2D eigenvalue weighted by molar-refractivity contribution is 5.66. The van der Waals surface area contributed by atoms with Crippen molar-refractivity contribution in [3.63, 3.8) is 0 Å². The van der Waals surface area contributed by atoms with Gasteiger partial charge in [-0.3, -0.25) is 10.1 Å². The van der Waals surface area contributed by atoms with E-state index in [0.717, 1.165) is 11.1 Å². The standard InChI is InChI=1S/C11H13NO3.C3H8/c1-4-15-11-6-5-9(8(2)3)7-10(11)12(13)14;1-3-2/h5-7H,2,4H2,1,3H3;3H2,1-2H3. The molecule has 0 atom stereocenters. The number of benzene rings is 1. The summed E-state index contributed by atoms with van der Waals surface area (Å²) in [7, 11) is 0. The van der Waals surface area contributed by atoms with E-state index in [2.05, 4.69) is 20.4 Å². The highest BCUT2D eigenvalue weighted by Gasteiger charge is 2.15. The third kappa shape index (κ3) is 4.99. The van der Waals surface area contributed by atoms with E-state index in [4.69, 9.17) is 4.74 Å². The lowest BCUT2D eigenvalue weighted by Crippen LogP contribution is -1.98. The zero-order valence-electron chi connectivity index (χ0n) is 11.5. The van der Waals surface area contributed by atoms with E-state index < -0.39 is 4.92 Å². The molecule has 0 radical (unpaired) electrons. The molecule has 0 saturated heterocycles. The Morgan fingerprint density at radius 2 is 1.94 bits per heavy atom. The van der Waals surface area contributed by atoms with Gasteiger partial charge in [-0.15, -0.1) is 0 Å². The van der Waals surface area contributed by atoms with Gasteiger partial charge in [-0.05, 0) is 25.5 Å². The molecular formula is C14H21NO3. The molecule has 0 bridgehead atoms. The van der Waals surface area contributed by atoms with Crippen LogP contribution in [-0.4, -0.2) is 11.5 Å². The van der Waals surface area contributed by atoms with Gasteiger partial charge >= 0.3 is 5.69 Å². The molecule has 0 unspecified atom stereocenters. The highest BCUT2D eigenvalue weighted by atomic mass is 16.6. The maximum absolute atomic E-state index is 10.8. The average Bonchev–Trinajstić information content (AvgIpc) is 2.30. The molecule has 1 rings (SSSR count). The van der Waals surface area contributed by atoms with Gasteiger partial charge in [-0.2, -0.15) is 0 Å². The molecule has 18 heavy (non-hydrogen) atoms. The van der Waals surface area contributed by atoms with E-state index in [9.17, 15) is 10.1 Å². The maximum Gasteiger partial charge on any atom is 0.311 e. The van der Waals surface area contributed by atoms with Crippen molar-refractivity contribution in [1.29, 1.82) is 0 Å². The fourth-order valence-corrected chi connectivity index (χ4v) is 1.20. The molecule has 0 N–H and O–H groups in total. The van der Waals surface area contributed by atoms with Gasteiger partial charge < -0.3 is 4.74 Å². The Hall–Kier alpha value is -1.84. The van der Waals surface area contributed by atoms with Crippen molar-refractivity contribution >= 4 is 11.3 Å². The average molecular weight is 251 g/mol. The highest BCUT2D eigenvalue weighted by Crippen LogP contribution is 2.29. The lowest BCUT2D eigenvalue weighted by molar-refractivity contribution is -0.385. The minimum Gasteiger partial charge on any atom is -0.487 e.